The highest BCUT2D eigenvalue weighted by atomic mass is 19.1. The lowest BCUT2D eigenvalue weighted by molar-refractivity contribution is 0.289. The largest absolute Gasteiger partial charge is 0.491 e. The molecular formula is C15H23F2NO. The van der Waals surface area contributed by atoms with Gasteiger partial charge in [0.05, 0.1) is 6.61 Å². The smallest absolute Gasteiger partial charge is 0.167 e. The van der Waals surface area contributed by atoms with Gasteiger partial charge in [-0.15, -0.1) is 0 Å². The first-order valence-electron chi connectivity index (χ1n) is 7.02. The van der Waals surface area contributed by atoms with Gasteiger partial charge in [-0.25, -0.2) is 8.78 Å². The Balaban J connectivity index is 2.01. The van der Waals surface area contributed by atoms with Crippen LogP contribution in [0.2, 0.25) is 0 Å². The van der Waals surface area contributed by atoms with Gasteiger partial charge in [0.2, 0.25) is 0 Å². The number of rotatable bonds is 10. The lowest BCUT2D eigenvalue weighted by Crippen LogP contribution is -2.15. The van der Waals surface area contributed by atoms with Gasteiger partial charge < -0.3 is 10.1 Å². The maximum Gasteiger partial charge on any atom is 0.167 e. The van der Waals surface area contributed by atoms with E-state index in [1.807, 2.05) is 0 Å². The summed E-state index contributed by atoms with van der Waals surface area (Å²) in [6.07, 6.45) is 5.43. The van der Waals surface area contributed by atoms with E-state index in [0.717, 1.165) is 51.3 Å². The fraction of sp³-hybridized carbons (Fsp3) is 0.600. The van der Waals surface area contributed by atoms with E-state index in [-0.39, 0.29) is 5.75 Å². The molecule has 0 atom stereocenters. The molecule has 1 aromatic carbocycles. The molecule has 0 radical (unpaired) electrons. The van der Waals surface area contributed by atoms with Crippen molar-refractivity contribution in [3.8, 4) is 5.75 Å². The van der Waals surface area contributed by atoms with Crippen LogP contribution in [0.5, 0.6) is 5.75 Å². The summed E-state index contributed by atoms with van der Waals surface area (Å²) in [6.45, 7) is 4.76. The first kappa shape index (κ1) is 15.9. The molecule has 0 saturated carbocycles. The summed E-state index contributed by atoms with van der Waals surface area (Å²) in [5, 5.41) is 3.35. The fourth-order valence-electron chi connectivity index (χ4n) is 1.78. The minimum absolute atomic E-state index is 0.131. The van der Waals surface area contributed by atoms with Crippen LogP contribution >= 0.6 is 0 Å². The second-order valence-corrected chi connectivity index (χ2v) is 4.59. The molecule has 1 aromatic rings. The average Bonchev–Trinajstić information content (AvgIpc) is 2.39. The summed E-state index contributed by atoms with van der Waals surface area (Å²) < 4.78 is 31.2. The van der Waals surface area contributed by atoms with Gasteiger partial charge in [0.1, 0.15) is 5.82 Å². The zero-order valence-electron chi connectivity index (χ0n) is 11.6. The van der Waals surface area contributed by atoms with E-state index in [4.69, 9.17) is 4.74 Å². The van der Waals surface area contributed by atoms with Crippen molar-refractivity contribution in [1.29, 1.82) is 0 Å². The Morgan fingerprint density at radius 3 is 2.58 bits per heavy atom. The predicted molar refractivity (Wildman–Crippen MR) is 73.5 cm³/mol. The summed E-state index contributed by atoms with van der Waals surface area (Å²) in [4.78, 5) is 0. The van der Waals surface area contributed by atoms with Gasteiger partial charge in [0.15, 0.2) is 11.6 Å². The maximum atomic E-state index is 13.2. The van der Waals surface area contributed by atoms with Crippen LogP contribution in [0.1, 0.15) is 39.0 Å². The topological polar surface area (TPSA) is 21.3 Å². The second-order valence-electron chi connectivity index (χ2n) is 4.59. The Bertz CT molecular complexity index is 358. The van der Waals surface area contributed by atoms with Gasteiger partial charge in [0, 0.05) is 6.07 Å². The summed E-state index contributed by atoms with van der Waals surface area (Å²) in [7, 11) is 0. The van der Waals surface area contributed by atoms with Crippen LogP contribution in [0.25, 0.3) is 0 Å². The Kier molecular flexibility index (Phi) is 8.14. The number of benzene rings is 1. The molecule has 0 spiro atoms. The van der Waals surface area contributed by atoms with Crippen LogP contribution in [0.3, 0.4) is 0 Å². The van der Waals surface area contributed by atoms with Crippen LogP contribution in [-0.2, 0) is 0 Å². The van der Waals surface area contributed by atoms with Crippen molar-refractivity contribution in [3.63, 3.8) is 0 Å². The molecule has 0 bridgehead atoms. The summed E-state index contributed by atoms with van der Waals surface area (Å²) in [5.41, 5.74) is 0. The van der Waals surface area contributed by atoms with Crippen molar-refractivity contribution in [3.05, 3.63) is 29.8 Å². The summed E-state index contributed by atoms with van der Waals surface area (Å²) in [5.74, 6) is -1.08. The van der Waals surface area contributed by atoms with Crippen LogP contribution in [0.4, 0.5) is 8.78 Å². The van der Waals surface area contributed by atoms with E-state index in [0.29, 0.717) is 6.61 Å². The molecule has 0 amide bonds. The zero-order valence-corrected chi connectivity index (χ0v) is 11.6. The molecule has 108 valence electrons. The SMILES string of the molecule is CCCNCCCCCCOc1ccc(F)cc1F. The van der Waals surface area contributed by atoms with E-state index in [1.165, 1.54) is 12.1 Å². The number of unbranched alkanes of at least 4 members (excludes halogenated alkanes) is 3. The molecule has 0 aliphatic rings. The summed E-state index contributed by atoms with van der Waals surface area (Å²) >= 11 is 0. The van der Waals surface area contributed by atoms with E-state index in [2.05, 4.69) is 12.2 Å². The third-order valence-electron chi connectivity index (χ3n) is 2.83. The van der Waals surface area contributed by atoms with Gasteiger partial charge in [0.25, 0.3) is 0 Å². The molecule has 4 heteroatoms. The predicted octanol–water partition coefficient (Wildman–Crippen LogP) is 3.90. The van der Waals surface area contributed by atoms with Crippen molar-refractivity contribution in [2.45, 2.75) is 39.0 Å². The Morgan fingerprint density at radius 1 is 1.05 bits per heavy atom. The molecular weight excluding hydrogens is 248 g/mol. The van der Waals surface area contributed by atoms with Crippen molar-refractivity contribution in [2.75, 3.05) is 19.7 Å². The Labute approximate surface area is 114 Å². The first-order chi connectivity index (χ1) is 9.24. The highest BCUT2D eigenvalue weighted by molar-refractivity contribution is 5.24. The summed E-state index contributed by atoms with van der Waals surface area (Å²) in [6, 6.07) is 3.38. The third kappa shape index (κ3) is 7.11. The van der Waals surface area contributed by atoms with Crippen molar-refractivity contribution < 1.29 is 13.5 Å². The van der Waals surface area contributed by atoms with Gasteiger partial charge in [-0.05, 0) is 44.5 Å². The van der Waals surface area contributed by atoms with E-state index >= 15 is 0 Å². The molecule has 19 heavy (non-hydrogen) atoms. The second kappa shape index (κ2) is 9.73. The molecule has 2 nitrogen and oxygen atoms in total. The van der Waals surface area contributed by atoms with Crippen LogP contribution < -0.4 is 10.1 Å². The van der Waals surface area contributed by atoms with Gasteiger partial charge in [-0.3, -0.25) is 0 Å². The lowest BCUT2D eigenvalue weighted by atomic mass is 10.2. The van der Waals surface area contributed by atoms with Gasteiger partial charge in [-0.2, -0.15) is 0 Å². The first-order valence-corrected chi connectivity index (χ1v) is 7.02. The fourth-order valence-corrected chi connectivity index (χ4v) is 1.78. The number of nitrogens with one attached hydrogen (secondary N) is 1. The van der Waals surface area contributed by atoms with E-state index in [1.54, 1.807) is 0 Å². The normalized spacial score (nSPS) is 10.7. The van der Waals surface area contributed by atoms with Crippen LogP contribution in [0.15, 0.2) is 18.2 Å². The van der Waals surface area contributed by atoms with Gasteiger partial charge in [-0.1, -0.05) is 19.8 Å². The highest BCUT2D eigenvalue weighted by Crippen LogP contribution is 2.17. The number of ether oxygens (including phenoxy) is 1. The average molecular weight is 271 g/mol. The molecule has 0 aromatic heterocycles. The van der Waals surface area contributed by atoms with Crippen LogP contribution in [-0.4, -0.2) is 19.7 Å². The zero-order chi connectivity index (χ0) is 13.9. The molecule has 0 fully saturated rings. The standard InChI is InChI=1S/C15H23F2NO/c1-2-9-18-10-5-3-4-6-11-19-15-8-7-13(16)12-14(15)17/h7-8,12,18H,2-6,9-11H2,1H3. The monoisotopic (exact) mass is 271 g/mol. The Hall–Kier alpha value is -1.16. The molecule has 0 aliphatic carbocycles. The lowest BCUT2D eigenvalue weighted by Gasteiger charge is -2.07. The van der Waals surface area contributed by atoms with Crippen molar-refractivity contribution in [1.82, 2.24) is 5.32 Å². The van der Waals surface area contributed by atoms with Crippen molar-refractivity contribution in [2.24, 2.45) is 0 Å². The third-order valence-corrected chi connectivity index (χ3v) is 2.83. The van der Waals surface area contributed by atoms with E-state index in [9.17, 15) is 8.78 Å². The Morgan fingerprint density at radius 2 is 1.84 bits per heavy atom. The minimum Gasteiger partial charge on any atom is -0.491 e. The molecule has 1 rings (SSSR count). The molecule has 0 unspecified atom stereocenters. The quantitative estimate of drug-likeness (QED) is 0.652. The molecule has 0 heterocycles. The molecule has 0 saturated heterocycles. The minimum atomic E-state index is -0.635. The van der Waals surface area contributed by atoms with Crippen molar-refractivity contribution >= 4 is 0 Å². The molecule has 1 N–H and O–H groups in total. The van der Waals surface area contributed by atoms with Crippen LogP contribution in [0, 0.1) is 11.6 Å². The maximum absolute atomic E-state index is 13.2. The number of hydrogen-bond donors (Lipinski definition) is 1. The number of halogens is 2. The van der Waals surface area contributed by atoms with Gasteiger partial charge >= 0.3 is 0 Å². The molecule has 0 aliphatic heterocycles. The number of hydrogen-bond acceptors (Lipinski definition) is 2. The highest BCUT2D eigenvalue weighted by Gasteiger charge is 2.04. The van der Waals surface area contributed by atoms with E-state index < -0.39 is 11.6 Å².